The maximum Gasteiger partial charge on any atom is 0.156 e. The Morgan fingerprint density at radius 3 is 2.44 bits per heavy atom. The standard InChI is InChI=1S/C28H22N6O2/c1-35-20-15-23-27(32-17-20)24(13-14-30-23)36-19-11-12-25(31-16-19)34-28(29)22-10-6-5-9-21(22)26(33-34)18-7-3-2-4-8-18/h2-17,28H,29H2,1H3. The number of rotatable bonds is 5. The number of hydrazone groups is 1. The molecule has 5 aromatic rings. The third kappa shape index (κ3) is 3.89. The van der Waals surface area contributed by atoms with Gasteiger partial charge in [0.25, 0.3) is 0 Å². The number of benzene rings is 2. The van der Waals surface area contributed by atoms with E-state index in [0.29, 0.717) is 34.1 Å². The van der Waals surface area contributed by atoms with E-state index in [2.05, 4.69) is 15.0 Å². The molecule has 2 aromatic carbocycles. The normalized spacial score (nSPS) is 14.8. The van der Waals surface area contributed by atoms with E-state index < -0.39 is 6.17 Å². The minimum atomic E-state index is -0.476. The Balaban J connectivity index is 1.32. The van der Waals surface area contributed by atoms with Gasteiger partial charge >= 0.3 is 0 Å². The van der Waals surface area contributed by atoms with Crippen molar-refractivity contribution in [2.24, 2.45) is 10.8 Å². The van der Waals surface area contributed by atoms with Gasteiger partial charge in [-0.05, 0) is 12.1 Å². The average molecular weight is 475 g/mol. The van der Waals surface area contributed by atoms with Gasteiger partial charge < -0.3 is 15.2 Å². The van der Waals surface area contributed by atoms with Crippen molar-refractivity contribution in [1.29, 1.82) is 0 Å². The molecule has 0 radical (unpaired) electrons. The maximum atomic E-state index is 6.63. The number of anilines is 1. The summed E-state index contributed by atoms with van der Waals surface area (Å²) in [4.78, 5) is 13.4. The summed E-state index contributed by atoms with van der Waals surface area (Å²) in [6, 6.07) is 25.4. The molecule has 0 spiro atoms. The van der Waals surface area contributed by atoms with E-state index in [0.717, 1.165) is 22.4 Å². The highest BCUT2D eigenvalue weighted by molar-refractivity contribution is 6.14. The van der Waals surface area contributed by atoms with Crippen molar-refractivity contribution in [2.75, 3.05) is 12.1 Å². The smallest absolute Gasteiger partial charge is 0.156 e. The molecule has 6 rings (SSSR count). The summed E-state index contributed by atoms with van der Waals surface area (Å²) in [5, 5.41) is 6.65. The molecule has 0 bridgehead atoms. The number of hydrogen-bond donors (Lipinski definition) is 1. The molecule has 1 unspecified atom stereocenters. The Morgan fingerprint density at radius 1 is 0.833 bits per heavy atom. The van der Waals surface area contributed by atoms with Gasteiger partial charge in [0.05, 0.1) is 30.7 Å². The van der Waals surface area contributed by atoms with Crippen molar-refractivity contribution in [3.63, 3.8) is 0 Å². The zero-order chi connectivity index (χ0) is 24.5. The van der Waals surface area contributed by atoms with E-state index in [4.69, 9.17) is 20.3 Å². The summed E-state index contributed by atoms with van der Waals surface area (Å²) in [7, 11) is 1.59. The predicted octanol–water partition coefficient (Wildman–Crippen LogP) is 5.06. The van der Waals surface area contributed by atoms with Crippen LogP contribution in [-0.2, 0) is 0 Å². The number of aromatic nitrogens is 3. The first-order valence-electron chi connectivity index (χ1n) is 11.4. The van der Waals surface area contributed by atoms with E-state index in [-0.39, 0.29) is 0 Å². The zero-order valence-electron chi connectivity index (χ0n) is 19.4. The van der Waals surface area contributed by atoms with Crippen molar-refractivity contribution < 1.29 is 9.47 Å². The third-order valence-corrected chi connectivity index (χ3v) is 5.99. The summed E-state index contributed by atoms with van der Waals surface area (Å²) in [5.74, 6) is 2.38. The van der Waals surface area contributed by atoms with Gasteiger partial charge in [0.1, 0.15) is 23.2 Å². The van der Waals surface area contributed by atoms with E-state index in [1.54, 1.807) is 36.8 Å². The summed E-state index contributed by atoms with van der Waals surface area (Å²) in [5.41, 5.74) is 11.8. The first-order valence-corrected chi connectivity index (χ1v) is 11.4. The van der Waals surface area contributed by atoms with Gasteiger partial charge in [0, 0.05) is 35.0 Å². The molecule has 0 saturated heterocycles. The lowest BCUT2D eigenvalue weighted by molar-refractivity contribution is 0.413. The molecule has 0 aliphatic carbocycles. The van der Waals surface area contributed by atoms with Gasteiger partial charge in [-0.25, -0.2) is 15.0 Å². The average Bonchev–Trinajstić information content (AvgIpc) is 2.94. The second-order valence-corrected chi connectivity index (χ2v) is 8.20. The molecule has 1 aliphatic rings. The van der Waals surface area contributed by atoms with Crippen LogP contribution in [0.5, 0.6) is 17.2 Å². The van der Waals surface area contributed by atoms with Crippen LogP contribution in [0.3, 0.4) is 0 Å². The minimum absolute atomic E-state index is 0.476. The lowest BCUT2D eigenvalue weighted by Gasteiger charge is -2.32. The van der Waals surface area contributed by atoms with Crippen LogP contribution in [0.4, 0.5) is 5.82 Å². The topological polar surface area (TPSA) is 98.8 Å². The lowest BCUT2D eigenvalue weighted by Crippen LogP contribution is -2.37. The van der Waals surface area contributed by atoms with Gasteiger partial charge in [-0.2, -0.15) is 5.10 Å². The Hall–Kier alpha value is -4.82. The zero-order valence-corrected chi connectivity index (χ0v) is 19.4. The number of hydrogen-bond acceptors (Lipinski definition) is 8. The first-order chi connectivity index (χ1) is 17.7. The Labute approximate surface area is 207 Å². The van der Waals surface area contributed by atoms with Gasteiger partial charge in [-0.3, -0.25) is 4.98 Å². The second kappa shape index (κ2) is 9.09. The molecule has 4 heterocycles. The Bertz CT molecular complexity index is 1570. The van der Waals surface area contributed by atoms with Crippen molar-refractivity contribution >= 4 is 22.6 Å². The van der Waals surface area contributed by atoms with Crippen LogP contribution >= 0.6 is 0 Å². The van der Waals surface area contributed by atoms with Crippen LogP contribution < -0.4 is 20.2 Å². The van der Waals surface area contributed by atoms with Gasteiger partial charge in [-0.15, -0.1) is 0 Å². The number of pyridine rings is 3. The SMILES string of the molecule is COc1cnc2c(Oc3ccc(N4N=C(c5ccccc5)c5ccccc5C4N)nc3)ccnc2c1. The van der Waals surface area contributed by atoms with E-state index in [1.807, 2.05) is 72.8 Å². The second-order valence-electron chi connectivity index (χ2n) is 8.20. The quantitative estimate of drug-likeness (QED) is 0.380. The largest absolute Gasteiger partial charge is 0.495 e. The molecule has 1 atom stereocenters. The number of nitrogens with zero attached hydrogens (tertiary/aromatic N) is 5. The molecule has 3 aromatic heterocycles. The lowest BCUT2D eigenvalue weighted by atomic mass is 9.94. The van der Waals surface area contributed by atoms with Gasteiger partial charge in [0.15, 0.2) is 11.6 Å². The number of ether oxygens (including phenoxy) is 2. The van der Waals surface area contributed by atoms with Crippen LogP contribution in [0.1, 0.15) is 22.9 Å². The molecule has 0 amide bonds. The van der Waals surface area contributed by atoms with Gasteiger partial charge in [-0.1, -0.05) is 54.6 Å². The monoisotopic (exact) mass is 474 g/mol. The van der Waals surface area contributed by atoms with Crippen LogP contribution in [-0.4, -0.2) is 27.8 Å². The highest BCUT2D eigenvalue weighted by Crippen LogP contribution is 2.33. The molecule has 36 heavy (non-hydrogen) atoms. The Morgan fingerprint density at radius 2 is 1.64 bits per heavy atom. The van der Waals surface area contributed by atoms with Crippen LogP contribution in [0, 0.1) is 0 Å². The fourth-order valence-electron chi connectivity index (χ4n) is 4.21. The molecule has 2 N–H and O–H groups in total. The summed E-state index contributed by atoms with van der Waals surface area (Å²) in [6.45, 7) is 0. The van der Waals surface area contributed by atoms with Crippen molar-refractivity contribution in [2.45, 2.75) is 6.17 Å². The number of fused-ring (bicyclic) bond motifs is 2. The third-order valence-electron chi connectivity index (χ3n) is 5.99. The van der Waals surface area contributed by atoms with Crippen LogP contribution in [0.15, 0.2) is 103 Å². The molecular formula is C28H22N6O2. The van der Waals surface area contributed by atoms with E-state index >= 15 is 0 Å². The fourth-order valence-corrected chi connectivity index (χ4v) is 4.21. The summed E-state index contributed by atoms with van der Waals surface area (Å²) in [6.07, 6.45) is 4.48. The first kappa shape index (κ1) is 21.7. The van der Waals surface area contributed by atoms with Gasteiger partial charge in [0.2, 0.25) is 0 Å². The highest BCUT2D eigenvalue weighted by atomic mass is 16.5. The molecule has 8 nitrogen and oxygen atoms in total. The van der Waals surface area contributed by atoms with Crippen LogP contribution in [0.2, 0.25) is 0 Å². The van der Waals surface area contributed by atoms with Crippen molar-refractivity contribution in [1.82, 2.24) is 15.0 Å². The molecule has 1 aliphatic heterocycles. The maximum absolute atomic E-state index is 6.63. The number of nitrogens with two attached hydrogens (primary N) is 1. The molecule has 0 saturated carbocycles. The Kier molecular flexibility index (Phi) is 5.48. The molecule has 176 valence electrons. The molecular weight excluding hydrogens is 452 g/mol. The fraction of sp³-hybridized carbons (Fsp3) is 0.0714. The van der Waals surface area contributed by atoms with Crippen molar-refractivity contribution in [3.05, 3.63) is 114 Å². The van der Waals surface area contributed by atoms with E-state index in [9.17, 15) is 0 Å². The summed E-state index contributed by atoms with van der Waals surface area (Å²) < 4.78 is 11.3. The summed E-state index contributed by atoms with van der Waals surface area (Å²) >= 11 is 0. The molecule has 8 heteroatoms. The number of methoxy groups -OCH3 is 1. The predicted molar refractivity (Wildman–Crippen MR) is 138 cm³/mol. The van der Waals surface area contributed by atoms with Crippen LogP contribution in [0.25, 0.3) is 11.0 Å². The highest BCUT2D eigenvalue weighted by Gasteiger charge is 2.28. The van der Waals surface area contributed by atoms with Crippen molar-refractivity contribution in [3.8, 4) is 17.2 Å². The molecule has 0 fully saturated rings. The minimum Gasteiger partial charge on any atom is -0.495 e. The van der Waals surface area contributed by atoms with E-state index in [1.165, 1.54) is 0 Å².